The SMILES string of the molecule is CN(C)S(=O)(=O)c1ccc(N2CCNCC2(C)C)nc1. The molecule has 0 aliphatic carbocycles. The van der Waals surface area contributed by atoms with Crippen LogP contribution in [0.3, 0.4) is 0 Å². The lowest BCUT2D eigenvalue weighted by atomic mass is 10.0. The zero-order valence-electron chi connectivity index (χ0n) is 12.4. The third-order valence-corrected chi connectivity index (χ3v) is 5.37. The molecule has 0 unspecified atom stereocenters. The Bertz CT molecular complexity index is 567. The summed E-state index contributed by atoms with van der Waals surface area (Å²) in [6, 6.07) is 3.40. The van der Waals surface area contributed by atoms with Gasteiger partial charge in [0.25, 0.3) is 0 Å². The molecule has 1 aliphatic rings. The molecule has 1 N–H and O–H groups in total. The van der Waals surface area contributed by atoms with Gasteiger partial charge in [-0.25, -0.2) is 17.7 Å². The Morgan fingerprint density at radius 3 is 2.55 bits per heavy atom. The molecular formula is C13H22N4O2S. The van der Waals surface area contributed by atoms with Crippen molar-refractivity contribution in [3.8, 4) is 0 Å². The molecule has 0 spiro atoms. The molecule has 1 saturated heterocycles. The van der Waals surface area contributed by atoms with Gasteiger partial charge in [-0.15, -0.1) is 0 Å². The summed E-state index contributed by atoms with van der Waals surface area (Å²) in [7, 11) is -0.380. The number of aromatic nitrogens is 1. The average molecular weight is 298 g/mol. The van der Waals surface area contributed by atoms with Crippen LogP contribution < -0.4 is 10.2 Å². The van der Waals surface area contributed by atoms with Crippen molar-refractivity contribution in [3.63, 3.8) is 0 Å². The zero-order chi connectivity index (χ0) is 15.0. The van der Waals surface area contributed by atoms with E-state index in [9.17, 15) is 8.42 Å². The van der Waals surface area contributed by atoms with Crippen molar-refractivity contribution in [3.05, 3.63) is 18.3 Å². The van der Waals surface area contributed by atoms with E-state index in [4.69, 9.17) is 0 Å². The summed E-state index contributed by atoms with van der Waals surface area (Å²) in [6.07, 6.45) is 1.43. The summed E-state index contributed by atoms with van der Waals surface area (Å²) >= 11 is 0. The monoisotopic (exact) mass is 298 g/mol. The first-order valence-electron chi connectivity index (χ1n) is 6.62. The molecular weight excluding hydrogens is 276 g/mol. The summed E-state index contributed by atoms with van der Waals surface area (Å²) in [5.74, 6) is 0.814. The van der Waals surface area contributed by atoms with E-state index in [1.54, 1.807) is 12.1 Å². The molecule has 0 atom stereocenters. The van der Waals surface area contributed by atoms with Crippen molar-refractivity contribution in [2.24, 2.45) is 0 Å². The first-order valence-corrected chi connectivity index (χ1v) is 8.06. The third kappa shape index (κ3) is 2.79. The number of hydrogen-bond acceptors (Lipinski definition) is 5. The van der Waals surface area contributed by atoms with Crippen LogP contribution in [-0.2, 0) is 10.0 Å². The number of piperazine rings is 1. The Morgan fingerprint density at radius 2 is 2.05 bits per heavy atom. The van der Waals surface area contributed by atoms with Crippen LogP contribution in [0.15, 0.2) is 23.2 Å². The summed E-state index contributed by atoms with van der Waals surface area (Å²) in [6.45, 7) is 6.94. The fraction of sp³-hybridized carbons (Fsp3) is 0.615. The van der Waals surface area contributed by atoms with Gasteiger partial charge >= 0.3 is 0 Å². The second-order valence-electron chi connectivity index (χ2n) is 5.78. The second kappa shape index (κ2) is 5.31. The number of pyridine rings is 1. The predicted molar refractivity (Wildman–Crippen MR) is 79.4 cm³/mol. The minimum atomic E-state index is -3.41. The fourth-order valence-electron chi connectivity index (χ4n) is 2.30. The van der Waals surface area contributed by atoms with Gasteiger partial charge in [0.05, 0.1) is 0 Å². The first kappa shape index (κ1) is 15.2. The van der Waals surface area contributed by atoms with Crippen LogP contribution in [0.25, 0.3) is 0 Å². The molecule has 1 aromatic heterocycles. The van der Waals surface area contributed by atoms with E-state index in [0.29, 0.717) is 0 Å². The topological polar surface area (TPSA) is 65.5 Å². The summed E-state index contributed by atoms with van der Waals surface area (Å²) in [4.78, 5) is 6.76. The van der Waals surface area contributed by atoms with Crippen molar-refractivity contribution < 1.29 is 8.42 Å². The highest BCUT2D eigenvalue weighted by molar-refractivity contribution is 7.89. The van der Waals surface area contributed by atoms with Gasteiger partial charge in [0, 0.05) is 45.5 Å². The Labute approximate surface area is 120 Å². The Hall–Kier alpha value is -1.18. The van der Waals surface area contributed by atoms with E-state index < -0.39 is 10.0 Å². The normalized spacial score (nSPS) is 19.4. The Morgan fingerprint density at radius 1 is 1.35 bits per heavy atom. The van der Waals surface area contributed by atoms with E-state index in [1.165, 1.54) is 24.6 Å². The summed E-state index contributed by atoms with van der Waals surface area (Å²) < 4.78 is 25.2. The van der Waals surface area contributed by atoms with Crippen LogP contribution in [-0.4, -0.2) is 57.0 Å². The molecule has 2 rings (SSSR count). The van der Waals surface area contributed by atoms with E-state index >= 15 is 0 Å². The van der Waals surface area contributed by atoms with Crippen molar-refractivity contribution in [2.75, 3.05) is 38.6 Å². The highest BCUT2D eigenvalue weighted by Gasteiger charge is 2.30. The minimum absolute atomic E-state index is 0.0345. The maximum absolute atomic E-state index is 12.0. The number of nitrogens with one attached hydrogen (secondary N) is 1. The maximum Gasteiger partial charge on any atom is 0.244 e. The molecule has 6 nitrogen and oxygen atoms in total. The van der Waals surface area contributed by atoms with Crippen molar-refractivity contribution in [1.29, 1.82) is 0 Å². The largest absolute Gasteiger partial charge is 0.349 e. The lowest BCUT2D eigenvalue weighted by Crippen LogP contribution is -2.58. The molecule has 0 aromatic carbocycles. The smallest absolute Gasteiger partial charge is 0.244 e. The van der Waals surface area contributed by atoms with E-state index in [2.05, 4.69) is 29.0 Å². The van der Waals surface area contributed by atoms with E-state index in [-0.39, 0.29) is 10.4 Å². The molecule has 0 saturated carbocycles. The summed E-state index contributed by atoms with van der Waals surface area (Å²) in [5.41, 5.74) is -0.0345. The van der Waals surface area contributed by atoms with Gasteiger partial charge in [0.1, 0.15) is 10.7 Å². The highest BCUT2D eigenvalue weighted by Crippen LogP contribution is 2.24. The quantitative estimate of drug-likeness (QED) is 0.881. The standard InChI is InChI=1S/C13H22N4O2S/c1-13(2)10-14-7-8-17(13)12-6-5-11(9-15-12)20(18,19)16(3)4/h5-6,9,14H,7-8,10H2,1-4H3. The molecule has 7 heteroatoms. The van der Waals surface area contributed by atoms with Gasteiger partial charge in [0.2, 0.25) is 10.0 Å². The van der Waals surface area contributed by atoms with Crippen LogP contribution in [0.4, 0.5) is 5.82 Å². The van der Waals surface area contributed by atoms with Crippen molar-refractivity contribution in [2.45, 2.75) is 24.3 Å². The minimum Gasteiger partial charge on any atom is -0.349 e. The molecule has 0 amide bonds. The van der Waals surface area contributed by atoms with Gasteiger partial charge < -0.3 is 10.2 Å². The van der Waals surface area contributed by atoms with Crippen molar-refractivity contribution in [1.82, 2.24) is 14.6 Å². The van der Waals surface area contributed by atoms with Gasteiger partial charge in [-0.05, 0) is 26.0 Å². The number of sulfonamides is 1. The van der Waals surface area contributed by atoms with E-state index in [1.807, 2.05) is 0 Å². The van der Waals surface area contributed by atoms with Gasteiger partial charge in [-0.1, -0.05) is 0 Å². The van der Waals surface area contributed by atoms with Crippen molar-refractivity contribution >= 4 is 15.8 Å². The second-order valence-corrected chi connectivity index (χ2v) is 7.93. The van der Waals surface area contributed by atoms with Crippen LogP contribution in [0.2, 0.25) is 0 Å². The van der Waals surface area contributed by atoms with Crippen LogP contribution in [0, 0.1) is 0 Å². The first-order chi connectivity index (χ1) is 9.25. The number of anilines is 1. The van der Waals surface area contributed by atoms with Gasteiger partial charge in [-0.2, -0.15) is 0 Å². The molecule has 1 fully saturated rings. The lowest BCUT2D eigenvalue weighted by molar-refractivity contribution is 0.378. The molecule has 2 heterocycles. The number of hydrogen-bond donors (Lipinski definition) is 1. The molecule has 0 bridgehead atoms. The fourth-order valence-corrected chi connectivity index (χ4v) is 3.15. The highest BCUT2D eigenvalue weighted by atomic mass is 32.2. The van der Waals surface area contributed by atoms with Gasteiger partial charge in [-0.3, -0.25) is 0 Å². The Balaban J connectivity index is 2.29. The predicted octanol–water partition coefficient (Wildman–Crippen LogP) is 0.520. The Kier molecular flexibility index (Phi) is 4.04. The molecule has 0 radical (unpaired) electrons. The number of nitrogens with zero attached hydrogens (tertiary/aromatic N) is 3. The van der Waals surface area contributed by atoms with Crippen LogP contribution >= 0.6 is 0 Å². The van der Waals surface area contributed by atoms with Gasteiger partial charge in [0.15, 0.2) is 0 Å². The molecule has 1 aromatic rings. The van der Waals surface area contributed by atoms with Crippen LogP contribution in [0.1, 0.15) is 13.8 Å². The average Bonchev–Trinajstić information content (AvgIpc) is 2.38. The van der Waals surface area contributed by atoms with Crippen LogP contribution in [0.5, 0.6) is 0 Å². The molecule has 20 heavy (non-hydrogen) atoms. The zero-order valence-corrected chi connectivity index (χ0v) is 13.2. The third-order valence-electron chi connectivity index (χ3n) is 3.58. The summed E-state index contributed by atoms with van der Waals surface area (Å²) in [5, 5.41) is 3.35. The molecule has 1 aliphatic heterocycles. The van der Waals surface area contributed by atoms with E-state index in [0.717, 1.165) is 25.5 Å². The number of rotatable bonds is 3. The maximum atomic E-state index is 12.0. The lowest BCUT2D eigenvalue weighted by Gasteiger charge is -2.43. The molecule has 112 valence electrons.